The summed E-state index contributed by atoms with van der Waals surface area (Å²) in [6.45, 7) is 0. The zero-order chi connectivity index (χ0) is 9.80. The van der Waals surface area contributed by atoms with Crippen LogP contribution in [0.15, 0.2) is 54.6 Å². The van der Waals surface area contributed by atoms with Crippen molar-refractivity contribution in [1.29, 1.82) is 0 Å². The first-order chi connectivity index (χ1) is 6.88. The van der Waals surface area contributed by atoms with Gasteiger partial charge in [-0.25, -0.2) is 0 Å². The summed E-state index contributed by atoms with van der Waals surface area (Å²) < 4.78 is 0. The van der Waals surface area contributed by atoms with Gasteiger partial charge in [0.05, 0.1) is 0 Å². The van der Waals surface area contributed by atoms with Crippen LogP contribution in [0, 0.1) is 0 Å². The van der Waals surface area contributed by atoms with Crippen molar-refractivity contribution in [2.75, 3.05) is 0 Å². The number of allylic oxidation sites excluding steroid dienone is 6. The Bertz CT molecular complexity index is 411. The highest BCUT2D eigenvalue weighted by Crippen LogP contribution is 2.27. The average Bonchev–Trinajstić information content (AvgIpc) is 2.47. The van der Waals surface area contributed by atoms with E-state index >= 15 is 0 Å². The van der Waals surface area contributed by atoms with E-state index in [4.69, 9.17) is 0 Å². The van der Waals surface area contributed by atoms with Crippen LogP contribution in [0.25, 0.3) is 5.57 Å². The van der Waals surface area contributed by atoms with Gasteiger partial charge < -0.3 is 5.11 Å². The van der Waals surface area contributed by atoms with Crippen molar-refractivity contribution in [3.8, 4) is 5.75 Å². The summed E-state index contributed by atoms with van der Waals surface area (Å²) in [5.74, 6) is 0.349. The maximum atomic E-state index is 9.67. The Morgan fingerprint density at radius 3 is 2.71 bits per heavy atom. The molecule has 0 radical (unpaired) electrons. The fraction of sp³-hybridized carbons (Fsp3) is 0.0769. The van der Waals surface area contributed by atoms with E-state index in [0.29, 0.717) is 5.75 Å². The molecule has 1 heteroatoms. The topological polar surface area (TPSA) is 20.2 Å². The summed E-state index contributed by atoms with van der Waals surface area (Å²) in [6.07, 6.45) is 11.0. The van der Waals surface area contributed by atoms with E-state index in [1.807, 2.05) is 42.5 Å². The van der Waals surface area contributed by atoms with Gasteiger partial charge in [-0.3, -0.25) is 0 Å². The monoisotopic (exact) mass is 184 g/mol. The van der Waals surface area contributed by atoms with Gasteiger partial charge in [0.25, 0.3) is 0 Å². The number of hydrogen-bond acceptors (Lipinski definition) is 1. The number of benzene rings is 1. The number of para-hydroxylation sites is 1. The lowest BCUT2D eigenvalue weighted by molar-refractivity contribution is 0.473. The molecule has 0 aliphatic heterocycles. The first-order valence-corrected chi connectivity index (χ1v) is 4.68. The second-order valence-corrected chi connectivity index (χ2v) is 3.23. The lowest BCUT2D eigenvalue weighted by Crippen LogP contribution is -1.83. The molecule has 0 amide bonds. The Morgan fingerprint density at radius 2 is 1.86 bits per heavy atom. The number of rotatable bonds is 1. The molecule has 70 valence electrons. The van der Waals surface area contributed by atoms with E-state index in [0.717, 1.165) is 17.6 Å². The van der Waals surface area contributed by atoms with E-state index in [1.54, 1.807) is 6.07 Å². The molecule has 14 heavy (non-hydrogen) atoms. The number of hydrogen-bond donors (Lipinski definition) is 1. The van der Waals surface area contributed by atoms with Crippen molar-refractivity contribution < 1.29 is 5.11 Å². The lowest BCUT2D eigenvalue weighted by Gasteiger charge is -2.05. The smallest absolute Gasteiger partial charge is 0.123 e. The molecular formula is C13H12O. The van der Waals surface area contributed by atoms with Gasteiger partial charge in [0.2, 0.25) is 0 Å². The summed E-state index contributed by atoms with van der Waals surface area (Å²) in [6, 6.07) is 7.43. The third-order valence-electron chi connectivity index (χ3n) is 2.24. The lowest BCUT2D eigenvalue weighted by atomic mass is 10.0. The minimum absolute atomic E-state index is 0.349. The van der Waals surface area contributed by atoms with E-state index in [-0.39, 0.29) is 0 Å². The highest BCUT2D eigenvalue weighted by molar-refractivity contribution is 5.72. The molecule has 0 saturated heterocycles. The third kappa shape index (κ3) is 1.77. The molecule has 1 aromatic rings. The zero-order valence-electron chi connectivity index (χ0n) is 7.85. The van der Waals surface area contributed by atoms with Crippen LogP contribution >= 0.6 is 0 Å². The molecule has 0 heterocycles. The summed E-state index contributed by atoms with van der Waals surface area (Å²) in [5, 5.41) is 9.67. The SMILES string of the molecule is Oc1ccccc1C1=CC=CC=CC1. The van der Waals surface area contributed by atoms with Crippen LogP contribution in [-0.2, 0) is 0 Å². The van der Waals surface area contributed by atoms with Crippen LogP contribution in [0.2, 0.25) is 0 Å². The van der Waals surface area contributed by atoms with Crippen molar-refractivity contribution in [1.82, 2.24) is 0 Å². The molecule has 1 nitrogen and oxygen atoms in total. The Morgan fingerprint density at radius 1 is 1.00 bits per heavy atom. The Kier molecular flexibility index (Phi) is 2.50. The standard InChI is InChI=1S/C13H12O/c14-13-10-6-5-9-12(13)11-7-3-1-2-4-8-11/h1-7,9-10,14H,8H2. The van der Waals surface area contributed by atoms with Crippen LogP contribution in [-0.4, -0.2) is 5.11 Å². The van der Waals surface area contributed by atoms with Crippen molar-refractivity contribution in [2.24, 2.45) is 0 Å². The van der Waals surface area contributed by atoms with Gasteiger partial charge >= 0.3 is 0 Å². The fourth-order valence-electron chi connectivity index (χ4n) is 1.52. The van der Waals surface area contributed by atoms with Crippen LogP contribution < -0.4 is 0 Å². The van der Waals surface area contributed by atoms with E-state index in [9.17, 15) is 5.11 Å². The van der Waals surface area contributed by atoms with Crippen LogP contribution in [0.1, 0.15) is 12.0 Å². The second-order valence-electron chi connectivity index (χ2n) is 3.23. The quantitative estimate of drug-likeness (QED) is 0.710. The van der Waals surface area contributed by atoms with Crippen LogP contribution in [0.4, 0.5) is 0 Å². The maximum absolute atomic E-state index is 9.67. The minimum atomic E-state index is 0.349. The normalized spacial score (nSPS) is 15.0. The van der Waals surface area contributed by atoms with Crippen molar-refractivity contribution >= 4 is 5.57 Å². The van der Waals surface area contributed by atoms with Crippen LogP contribution in [0.3, 0.4) is 0 Å². The molecule has 1 aromatic carbocycles. The molecular weight excluding hydrogens is 172 g/mol. The predicted molar refractivity (Wildman–Crippen MR) is 59.0 cm³/mol. The average molecular weight is 184 g/mol. The number of phenolic OH excluding ortho intramolecular Hbond substituents is 1. The molecule has 0 aromatic heterocycles. The van der Waals surface area contributed by atoms with Crippen molar-refractivity contribution in [3.05, 3.63) is 60.2 Å². The highest BCUT2D eigenvalue weighted by Gasteiger charge is 2.04. The summed E-state index contributed by atoms with van der Waals surface area (Å²) in [4.78, 5) is 0. The molecule has 1 aliphatic rings. The van der Waals surface area contributed by atoms with Gasteiger partial charge in [0.15, 0.2) is 0 Å². The number of phenols is 1. The summed E-state index contributed by atoms with van der Waals surface area (Å²) >= 11 is 0. The van der Waals surface area contributed by atoms with E-state index in [1.165, 1.54) is 0 Å². The Hall–Kier alpha value is -1.76. The van der Waals surface area contributed by atoms with Crippen molar-refractivity contribution in [3.63, 3.8) is 0 Å². The second kappa shape index (κ2) is 3.97. The largest absolute Gasteiger partial charge is 0.507 e. The van der Waals surface area contributed by atoms with Gasteiger partial charge in [-0.1, -0.05) is 48.6 Å². The van der Waals surface area contributed by atoms with E-state index < -0.39 is 0 Å². The highest BCUT2D eigenvalue weighted by atomic mass is 16.3. The molecule has 0 spiro atoms. The molecule has 0 bridgehead atoms. The minimum Gasteiger partial charge on any atom is -0.507 e. The molecule has 0 fully saturated rings. The molecule has 0 saturated carbocycles. The summed E-state index contributed by atoms with van der Waals surface area (Å²) in [7, 11) is 0. The fourth-order valence-corrected chi connectivity index (χ4v) is 1.52. The van der Waals surface area contributed by atoms with Gasteiger partial charge in [-0.15, -0.1) is 0 Å². The van der Waals surface area contributed by atoms with Gasteiger partial charge in [-0.05, 0) is 18.1 Å². The predicted octanol–water partition coefficient (Wildman–Crippen LogP) is 3.29. The van der Waals surface area contributed by atoms with Gasteiger partial charge in [0, 0.05) is 5.56 Å². The van der Waals surface area contributed by atoms with Crippen molar-refractivity contribution in [2.45, 2.75) is 6.42 Å². The van der Waals surface area contributed by atoms with Crippen LogP contribution in [0.5, 0.6) is 5.75 Å². The summed E-state index contributed by atoms with van der Waals surface area (Å²) in [5.41, 5.74) is 2.07. The first-order valence-electron chi connectivity index (χ1n) is 4.68. The van der Waals surface area contributed by atoms with E-state index in [2.05, 4.69) is 6.08 Å². The third-order valence-corrected chi connectivity index (χ3v) is 2.24. The Labute approximate surface area is 83.7 Å². The molecule has 2 rings (SSSR count). The first kappa shape index (κ1) is 8.82. The molecule has 0 atom stereocenters. The van der Waals surface area contributed by atoms with Gasteiger partial charge in [-0.2, -0.15) is 0 Å². The van der Waals surface area contributed by atoms with Gasteiger partial charge in [0.1, 0.15) is 5.75 Å². The zero-order valence-corrected chi connectivity index (χ0v) is 7.85. The molecule has 1 N–H and O–H groups in total. The Balaban J connectivity index is 2.40. The number of aromatic hydroxyl groups is 1. The maximum Gasteiger partial charge on any atom is 0.123 e. The molecule has 0 unspecified atom stereocenters. The molecule has 1 aliphatic carbocycles.